The van der Waals surface area contributed by atoms with Crippen molar-refractivity contribution < 1.29 is 19.1 Å². The third-order valence-corrected chi connectivity index (χ3v) is 5.39. The third kappa shape index (κ3) is 9.20. The largest absolute Gasteiger partial charge is 0.435 e. The van der Waals surface area contributed by atoms with E-state index in [1.807, 2.05) is 0 Å². The molecule has 0 saturated carbocycles. The first-order valence-electron chi connectivity index (χ1n) is 10.1. The Hall–Kier alpha value is -2.10. The van der Waals surface area contributed by atoms with Crippen LogP contribution in [0.15, 0.2) is 47.5 Å². The van der Waals surface area contributed by atoms with E-state index in [-0.39, 0.29) is 11.9 Å². The van der Waals surface area contributed by atoms with Crippen LogP contribution in [-0.2, 0) is 19.1 Å². The van der Waals surface area contributed by atoms with Gasteiger partial charge in [0.1, 0.15) is 0 Å². The lowest BCUT2D eigenvalue weighted by Gasteiger charge is -2.38. The molecule has 1 atom stereocenters. The first-order valence-corrected chi connectivity index (χ1v) is 10.1. The second-order valence-electron chi connectivity index (χ2n) is 8.37. The molecular weight excluding hydrogens is 352 g/mol. The molecule has 0 spiro atoms. The third-order valence-electron chi connectivity index (χ3n) is 5.39. The number of allylic oxidation sites excluding steroid dienone is 6. The van der Waals surface area contributed by atoms with Gasteiger partial charge in [0.2, 0.25) is 0 Å². The van der Waals surface area contributed by atoms with E-state index in [1.54, 1.807) is 6.08 Å². The highest BCUT2D eigenvalue weighted by Crippen LogP contribution is 2.43. The van der Waals surface area contributed by atoms with Crippen LogP contribution >= 0.6 is 0 Å². The molecule has 0 radical (unpaired) electrons. The van der Waals surface area contributed by atoms with E-state index in [0.717, 1.165) is 18.4 Å². The molecule has 28 heavy (non-hydrogen) atoms. The summed E-state index contributed by atoms with van der Waals surface area (Å²) in [6.07, 6.45) is 15.3. The maximum Gasteiger partial charge on any atom is 0.307 e. The van der Waals surface area contributed by atoms with Crippen molar-refractivity contribution in [2.75, 3.05) is 0 Å². The zero-order valence-corrected chi connectivity index (χ0v) is 18.3. The maximum absolute atomic E-state index is 11.0. The SMILES string of the molecule is CC(=O)O/C=C/C(=C/OC(C)=O)CC/C=C(\C)CCC1C(C)=CCCC1(C)C. The standard InChI is InChI=1S/C24H36O4/c1-18(12-13-23-19(2)10-8-15-24(23,5)6)9-7-11-22(17-28-21(4)26)14-16-27-20(3)25/h9-10,14,16-17,23H,7-8,11-13,15H2,1-6H3/b16-14+,18-9+,22-17+. The van der Waals surface area contributed by atoms with Crippen molar-refractivity contribution in [1.29, 1.82) is 0 Å². The summed E-state index contributed by atoms with van der Waals surface area (Å²) in [6.45, 7) is 11.9. The molecule has 4 nitrogen and oxygen atoms in total. The van der Waals surface area contributed by atoms with Crippen molar-refractivity contribution >= 4 is 11.9 Å². The summed E-state index contributed by atoms with van der Waals surface area (Å²) < 4.78 is 9.78. The molecule has 0 saturated heterocycles. The number of hydrogen-bond acceptors (Lipinski definition) is 4. The van der Waals surface area contributed by atoms with Crippen LogP contribution in [0.5, 0.6) is 0 Å². The molecule has 1 unspecified atom stereocenters. The minimum atomic E-state index is -0.381. The lowest BCUT2D eigenvalue weighted by atomic mass is 9.67. The molecule has 0 N–H and O–H groups in total. The monoisotopic (exact) mass is 388 g/mol. The molecule has 156 valence electrons. The van der Waals surface area contributed by atoms with Gasteiger partial charge in [-0.1, -0.05) is 37.1 Å². The predicted octanol–water partition coefficient (Wildman–Crippen LogP) is 6.40. The minimum Gasteiger partial charge on any atom is -0.435 e. The summed E-state index contributed by atoms with van der Waals surface area (Å²) in [5.74, 6) is -0.104. The molecule has 1 rings (SSSR count). The highest BCUT2D eigenvalue weighted by atomic mass is 16.5. The number of rotatable bonds is 9. The Bertz CT molecular complexity index is 662. The molecular formula is C24H36O4. The Balaban J connectivity index is 2.59. The van der Waals surface area contributed by atoms with E-state index in [0.29, 0.717) is 17.8 Å². The summed E-state index contributed by atoms with van der Waals surface area (Å²) in [6, 6.07) is 0. The van der Waals surface area contributed by atoms with Crippen molar-refractivity contribution in [2.45, 2.75) is 80.1 Å². The summed E-state index contributed by atoms with van der Waals surface area (Å²) >= 11 is 0. The fourth-order valence-electron chi connectivity index (χ4n) is 3.74. The molecule has 0 aromatic rings. The molecule has 0 aromatic heterocycles. The lowest BCUT2D eigenvalue weighted by molar-refractivity contribution is -0.136. The summed E-state index contributed by atoms with van der Waals surface area (Å²) in [4.78, 5) is 21.9. The van der Waals surface area contributed by atoms with Gasteiger partial charge >= 0.3 is 11.9 Å². The zero-order valence-electron chi connectivity index (χ0n) is 18.3. The highest BCUT2D eigenvalue weighted by molar-refractivity contribution is 5.67. The highest BCUT2D eigenvalue weighted by Gasteiger charge is 2.32. The molecule has 0 amide bonds. The number of esters is 2. The average molecular weight is 389 g/mol. The molecule has 0 fully saturated rings. The summed E-state index contributed by atoms with van der Waals surface area (Å²) in [5.41, 5.74) is 4.09. The summed E-state index contributed by atoms with van der Waals surface area (Å²) in [5, 5.41) is 0. The molecule has 1 aliphatic rings. The summed E-state index contributed by atoms with van der Waals surface area (Å²) in [7, 11) is 0. The predicted molar refractivity (Wildman–Crippen MR) is 113 cm³/mol. The van der Waals surface area contributed by atoms with E-state index < -0.39 is 0 Å². The van der Waals surface area contributed by atoms with Crippen molar-refractivity contribution in [3.63, 3.8) is 0 Å². The molecule has 0 heterocycles. The van der Waals surface area contributed by atoms with Gasteiger partial charge in [0, 0.05) is 13.8 Å². The van der Waals surface area contributed by atoms with Crippen LogP contribution in [0.3, 0.4) is 0 Å². The van der Waals surface area contributed by atoms with Gasteiger partial charge < -0.3 is 9.47 Å². The van der Waals surface area contributed by atoms with Gasteiger partial charge in [0.15, 0.2) is 0 Å². The van der Waals surface area contributed by atoms with Crippen molar-refractivity contribution in [3.8, 4) is 0 Å². The van der Waals surface area contributed by atoms with Gasteiger partial charge in [0.05, 0.1) is 12.5 Å². The van der Waals surface area contributed by atoms with Crippen LogP contribution in [0, 0.1) is 11.3 Å². The molecule has 1 aliphatic carbocycles. The van der Waals surface area contributed by atoms with Gasteiger partial charge in [-0.15, -0.1) is 0 Å². The second-order valence-corrected chi connectivity index (χ2v) is 8.37. The molecule has 0 aliphatic heterocycles. The lowest BCUT2D eigenvalue weighted by Crippen LogP contribution is -2.27. The van der Waals surface area contributed by atoms with Crippen LogP contribution in [-0.4, -0.2) is 11.9 Å². The van der Waals surface area contributed by atoms with Crippen molar-refractivity contribution in [3.05, 3.63) is 47.5 Å². The minimum absolute atomic E-state index is 0.372. The van der Waals surface area contributed by atoms with Crippen LogP contribution in [0.1, 0.15) is 80.1 Å². The normalized spacial score (nSPS) is 20.1. The Morgan fingerprint density at radius 3 is 2.43 bits per heavy atom. The fourth-order valence-corrected chi connectivity index (χ4v) is 3.74. The van der Waals surface area contributed by atoms with Gasteiger partial charge in [-0.2, -0.15) is 0 Å². The molecule has 4 heteroatoms. The van der Waals surface area contributed by atoms with Crippen LogP contribution in [0.25, 0.3) is 0 Å². The number of carbonyl (C=O) groups is 2. The smallest absolute Gasteiger partial charge is 0.307 e. The molecule has 0 bridgehead atoms. The van der Waals surface area contributed by atoms with Crippen LogP contribution < -0.4 is 0 Å². The van der Waals surface area contributed by atoms with E-state index in [2.05, 4.69) is 39.8 Å². The Kier molecular flexibility index (Phi) is 9.98. The Morgan fingerprint density at radius 2 is 1.82 bits per heavy atom. The first kappa shape index (κ1) is 23.9. The Morgan fingerprint density at radius 1 is 1.14 bits per heavy atom. The van der Waals surface area contributed by atoms with E-state index in [1.165, 1.54) is 56.8 Å². The average Bonchev–Trinajstić information content (AvgIpc) is 2.57. The quantitative estimate of drug-likeness (QED) is 0.198. The van der Waals surface area contributed by atoms with Gasteiger partial charge in [-0.3, -0.25) is 9.59 Å². The topological polar surface area (TPSA) is 52.6 Å². The van der Waals surface area contributed by atoms with Gasteiger partial charge in [0.25, 0.3) is 0 Å². The molecule has 0 aromatic carbocycles. The zero-order chi connectivity index (χ0) is 21.2. The Labute approximate surface area is 170 Å². The van der Waals surface area contributed by atoms with Gasteiger partial charge in [-0.25, -0.2) is 0 Å². The fraction of sp³-hybridized carbons (Fsp3) is 0.583. The van der Waals surface area contributed by atoms with E-state index in [4.69, 9.17) is 9.47 Å². The number of hydrogen-bond donors (Lipinski definition) is 0. The van der Waals surface area contributed by atoms with E-state index >= 15 is 0 Å². The second kappa shape index (κ2) is 11.7. The number of ether oxygens (including phenoxy) is 2. The number of carbonyl (C=O) groups excluding carboxylic acids is 2. The first-order chi connectivity index (χ1) is 13.1. The van der Waals surface area contributed by atoms with Crippen molar-refractivity contribution in [1.82, 2.24) is 0 Å². The van der Waals surface area contributed by atoms with E-state index in [9.17, 15) is 9.59 Å². The van der Waals surface area contributed by atoms with Crippen LogP contribution in [0.2, 0.25) is 0 Å². The van der Waals surface area contributed by atoms with Gasteiger partial charge in [-0.05, 0) is 75.4 Å². The maximum atomic E-state index is 11.0. The van der Waals surface area contributed by atoms with Crippen LogP contribution in [0.4, 0.5) is 0 Å². The van der Waals surface area contributed by atoms with Crippen molar-refractivity contribution in [2.24, 2.45) is 11.3 Å².